The number of pyridine rings is 1. The Labute approximate surface area is 141 Å². The second kappa shape index (κ2) is 6.55. The Morgan fingerprint density at radius 1 is 1.22 bits per heavy atom. The molecule has 1 aromatic heterocycles. The van der Waals surface area contributed by atoms with Crippen LogP contribution in [0.5, 0.6) is 0 Å². The van der Waals surface area contributed by atoms with Gasteiger partial charge < -0.3 is 4.90 Å². The molecule has 118 valence electrons. The fourth-order valence-electron chi connectivity index (χ4n) is 2.84. The van der Waals surface area contributed by atoms with Crippen LogP contribution in [0.25, 0.3) is 11.3 Å². The molecule has 0 fully saturated rings. The number of halogens is 1. The minimum absolute atomic E-state index is 0.0734. The summed E-state index contributed by atoms with van der Waals surface area (Å²) >= 11 is 5.86. The van der Waals surface area contributed by atoms with E-state index >= 15 is 0 Å². The van der Waals surface area contributed by atoms with Crippen molar-refractivity contribution in [3.63, 3.8) is 0 Å². The molecule has 3 rings (SSSR count). The number of rotatable bonds is 3. The summed E-state index contributed by atoms with van der Waals surface area (Å²) in [5, 5.41) is 0.613. The Kier molecular flexibility index (Phi) is 4.49. The first-order chi connectivity index (χ1) is 11.1. The second-order valence-corrected chi connectivity index (χ2v) is 6.50. The Bertz CT molecular complexity index is 720. The quantitative estimate of drug-likeness (QED) is 0.781. The monoisotopic (exact) mass is 326 g/mol. The van der Waals surface area contributed by atoms with E-state index in [1.165, 1.54) is 0 Å². The molecular formula is C19H19ClN2O. The molecule has 1 aliphatic heterocycles. The molecule has 2 heterocycles. The van der Waals surface area contributed by atoms with Crippen LogP contribution in [-0.4, -0.2) is 28.4 Å². The van der Waals surface area contributed by atoms with E-state index in [1.54, 1.807) is 6.20 Å². The van der Waals surface area contributed by atoms with E-state index in [-0.39, 0.29) is 11.9 Å². The summed E-state index contributed by atoms with van der Waals surface area (Å²) in [4.78, 5) is 18.9. The largest absolute Gasteiger partial charge is 0.328 e. The van der Waals surface area contributed by atoms with Crippen LogP contribution in [0.1, 0.15) is 24.2 Å². The molecule has 0 bridgehead atoms. The number of hydrogen-bond donors (Lipinski definition) is 0. The maximum absolute atomic E-state index is 12.7. The Morgan fingerprint density at radius 2 is 1.96 bits per heavy atom. The smallest absolute Gasteiger partial charge is 0.254 e. The fourth-order valence-corrected chi connectivity index (χ4v) is 2.95. The van der Waals surface area contributed by atoms with Gasteiger partial charge in [-0.2, -0.15) is 0 Å². The van der Waals surface area contributed by atoms with Crippen molar-refractivity contribution < 1.29 is 4.79 Å². The predicted octanol–water partition coefficient (Wildman–Crippen LogP) is 4.44. The van der Waals surface area contributed by atoms with Gasteiger partial charge in [-0.25, -0.2) is 0 Å². The van der Waals surface area contributed by atoms with Crippen LogP contribution in [0.4, 0.5) is 0 Å². The van der Waals surface area contributed by atoms with Gasteiger partial charge in [0.05, 0.1) is 16.8 Å². The van der Waals surface area contributed by atoms with Crippen LogP contribution >= 0.6 is 11.6 Å². The van der Waals surface area contributed by atoms with Crippen molar-refractivity contribution in [2.75, 3.05) is 6.54 Å². The maximum atomic E-state index is 12.7. The standard InChI is InChI=1S/C19H19ClN2O/c1-13(2)18-4-3-11-22(18)19(23)15-7-5-14(6-8-15)17-10-9-16(20)12-21-17/h3-10,12-13,18H,11H2,1-2H3. The van der Waals surface area contributed by atoms with E-state index < -0.39 is 0 Å². The summed E-state index contributed by atoms with van der Waals surface area (Å²) in [6, 6.07) is 11.5. The molecule has 0 radical (unpaired) electrons. The molecule has 4 heteroatoms. The van der Waals surface area contributed by atoms with Crippen LogP contribution in [0.15, 0.2) is 54.7 Å². The molecule has 2 aromatic rings. The van der Waals surface area contributed by atoms with Crippen molar-refractivity contribution in [2.24, 2.45) is 5.92 Å². The van der Waals surface area contributed by atoms with Crippen molar-refractivity contribution in [1.82, 2.24) is 9.88 Å². The van der Waals surface area contributed by atoms with Gasteiger partial charge in [-0.3, -0.25) is 9.78 Å². The average molecular weight is 327 g/mol. The Hall–Kier alpha value is -2.13. The third kappa shape index (κ3) is 3.30. The van der Waals surface area contributed by atoms with E-state index in [0.717, 1.165) is 11.3 Å². The minimum atomic E-state index is 0.0734. The Balaban J connectivity index is 1.79. The number of carbonyl (C=O) groups excluding carboxylic acids is 1. The van der Waals surface area contributed by atoms with Gasteiger partial charge in [-0.1, -0.05) is 49.7 Å². The van der Waals surface area contributed by atoms with E-state index in [0.29, 0.717) is 23.0 Å². The van der Waals surface area contributed by atoms with Crippen molar-refractivity contribution in [3.05, 3.63) is 65.3 Å². The molecule has 23 heavy (non-hydrogen) atoms. The summed E-state index contributed by atoms with van der Waals surface area (Å²) in [6.45, 7) is 4.95. The first-order valence-electron chi connectivity index (χ1n) is 7.76. The van der Waals surface area contributed by atoms with Gasteiger partial charge in [0.2, 0.25) is 0 Å². The summed E-state index contributed by atoms with van der Waals surface area (Å²) in [5.41, 5.74) is 2.52. The van der Waals surface area contributed by atoms with Crippen molar-refractivity contribution in [2.45, 2.75) is 19.9 Å². The molecule has 0 saturated heterocycles. The average Bonchev–Trinajstić information content (AvgIpc) is 3.05. The van der Waals surface area contributed by atoms with Crippen LogP contribution in [0.3, 0.4) is 0 Å². The van der Waals surface area contributed by atoms with E-state index in [1.807, 2.05) is 41.3 Å². The molecule has 0 aliphatic carbocycles. The van der Waals surface area contributed by atoms with Crippen molar-refractivity contribution >= 4 is 17.5 Å². The lowest BCUT2D eigenvalue weighted by Gasteiger charge is -2.27. The minimum Gasteiger partial charge on any atom is -0.328 e. The molecule has 1 unspecified atom stereocenters. The van der Waals surface area contributed by atoms with Gasteiger partial charge in [0.1, 0.15) is 0 Å². The number of aromatic nitrogens is 1. The number of nitrogens with zero attached hydrogens (tertiary/aromatic N) is 2. The van der Waals surface area contributed by atoms with Crippen molar-refractivity contribution in [1.29, 1.82) is 0 Å². The zero-order chi connectivity index (χ0) is 16.4. The van der Waals surface area contributed by atoms with E-state index in [9.17, 15) is 4.79 Å². The van der Waals surface area contributed by atoms with Gasteiger partial charge in [0.15, 0.2) is 0 Å². The number of benzene rings is 1. The van der Waals surface area contributed by atoms with Gasteiger partial charge in [-0.15, -0.1) is 0 Å². The van der Waals surface area contributed by atoms with Gasteiger partial charge in [0, 0.05) is 23.9 Å². The highest BCUT2D eigenvalue weighted by molar-refractivity contribution is 6.30. The Morgan fingerprint density at radius 3 is 2.57 bits per heavy atom. The molecule has 0 N–H and O–H groups in total. The zero-order valence-corrected chi connectivity index (χ0v) is 14.0. The summed E-state index contributed by atoms with van der Waals surface area (Å²) in [6.07, 6.45) is 5.81. The second-order valence-electron chi connectivity index (χ2n) is 6.06. The lowest BCUT2D eigenvalue weighted by molar-refractivity contribution is 0.0720. The molecule has 0 spiro atoms. The number of hydrogen-bond acceptors (Lipinski definition) is 2. The van der Waals surface area contributed by atoms with Gasteiger partial charge in [-0.05, 0) is 30.2 Å². The van der Waals surface area contributed by atoms with E-state index in [2.05, 4.69) is 31.0 Å². The first-order valence-corrected chi connectivity index (χ1v) is 8.13. The topological polar surface area (TPSA) is 33.2 Å². The third-order valence-corrected chi connectivity index (χ3v) is 4.32. The highest BCUT2D eigenvalue weighted by atomic mass is 35.5. The van der Waals surface area contributed by atoms with Crippen LogP contribution in [-0.2, 0) is 0 Å². The summed E-state index contributed by atoms with van der Waals surface area (Å²) < 4.78 is 0. The summed E-state index contributed by atoms with van der Waals surface area (Å²) in [5.74, 6) is 0.486. The van der Waals surface area contributed by atoms with Crippen LogP contribution in [0.2, 0.25) is 5.02 Å². The lowest BCUT2D eigenvalue weighted by Crippen LogP contribution is -2.38. The normalized spacial score (nSPS) is 17.0. The van der Waals surface area contributed by atoms with Crippen molar-refractivity contribution in [3.8, 4) is 11.3 Å². The van der Waals surface area contributed by atoms with Gasteiger partial charge in [0.25, 0.3) is 5.91 Å². The predicted molar refractivity (Wildman–Crippen MR) is 93.5 cm³/mol. The highest BCUT2D eigenvalue weighted by Gasteiger charge is 2.27. The molecule has 3 nitrogen and oxygen atoms in total. The highest BCUT2D eigenvalue weighted by Crippen LogP contribution is 2.23. The first kappa shape index (κ1) is 15.8. The van der Waals surface area contributed by atoms with E-state index in [4.69, 9.17) is 11.6 Å². The molecule has 1 aliphatic rings. The molecular weight excluding hydrogens is 308 g/mol. The zero-order valence-electron chi connectivity index (χ0n) is 13.2. The molecule has 1 atom stereocenters. The molecule has 1 amide bonds. The SMILES string of the molecule is CC(C)C1C=CCN1C(=O)c1ccc(-c2ccc(Cl)cn2)cc1. The molecule has 1 aromatic carbocycles. The molecule has 0 saturated carbocycles. The maximum Gasteiger partial charge on any atom is 0.254 e. The fraction of sp³-hybridized carbons (Fsp3) is 0.263. The van der Waals surface area contributed by atoms with Crippen LogP contribution < -0.4 is 0 Å². The third-order valence-electron chi connectivity index (χ3n) is 4.09. The van der Waals surface area contributed by atoms with Gasteiger partial charge >= 0.3 is 0 Å². The van der Waals surface area contributed by atoms with Crippen LogP contribution in [0, 0.1) is 5.92 Å². The lowest BCUT2D eigenvalue weighted by atomic mass is 10.0. The number of carbonyl (C=O) groups is 1. The number of amides is 1. The summed E-state index contributed by atoms with van der Waals surface area (Å²) in [7, 11) is 0.